The van der Waals surface area contributed by atoms with Crippen molar-refractivity contribution in [2.24, 2.45) is 0 Å². The maximum Gasteiger partial charge on any atom is 0.268 e. The van der Waals surface area contributed by atoms with Crippen molar-refractivity contribution in [3.05, 3.63) is 58.7 Å². The van der Waals surface area contributed by atoms with Crippen LogP contribution in [-0.2, 0) is 17.1 Å². The third kappa shape index (κ3) is 5.38. The van der Waals surface area contributed by atoms with E-state index in [1.54, 1.807) is 0 Å². The zero-order valence-corrected chi connectivity index (χ0v) is 14.8. The molecule has 2 N–H and O–H groups in total. The Morgan fingerprint density at radius 3 is 1.65 bits per heavy atom. The Morgan fingerprint density at radius 1 is 0.957 bits per heavy atom. The predicted molar refractivity (Wildman–Crippen MR) is 86.2 cm³/mol. The molecule has 0 aromatic heterocycles. The summed E-state index contributed by atoms with van der Waals surface area (Å²) in [6.45, 7) is 7.61. The van der Waals surface area contributed by atoms with Crippen LogP contribution < -0.4 is 0 Å². The van der Waals surface area contributed by atoms with Crippen molar-refractivity contribution in [2.45, 2.75) is 39.5 Å². The molecular weight excluding hydrogens is 336 g/mol. The number of hydrogen-bond acceptors (Lipinski definition) is 2. The van der Waals surface area contributed by atoms with Crippen LogP contribution >= 0.6 is 0 Å². The molecule has 2 aromatic carbocycles. The molecule has 0 aliphatic rings. The zero-order chi connectivity index (χ0) is 16.9. The first kappa shape index (κ1) is 21.2. The van der Waals surface area contributed by atoms with E-state index in [0.29, 0.717) is 5.56 Å². The average Bonchev–Trinajstić information content (AvgIpc) is 3.09. The second-order valence-electron chi connectivity index (χ2n) is 5.68. The molecule has 0 bridgehead atoms. The molecular formula is C18H22FeO4-6. The van der Waals surface area contributed by atoms with E-state index in [1.165, 1.54) is 6.07 Å². The molecule has 2 rings (SSSR count). The summed E-state index contributed by atoms with van der Waals surface area (Å²) >= 11 is 0. The minimum Gasteiger partial charge on any atom is -0.748 e. The van der Waals surface area contributed by atoms with E-state index >= 15 is 0 Å². The number of rotatable bonds is 4. The van der Waals surface area contributed by atoms with Crippen LogP contribution in [-0.4, -0.2) is 22.2 Å². The summed E-state index contributed by atoms with van der Waals surface area (Å²) in [7, 11) is 0. The van der Waals surface area contributed by atoms with Gasteiger partial charge in [-0.15, -0.1) is 11.1 Å². The molecule has 0 amide bonds. The van der Waals surface area contributed by atoms with E-state index in [9.17, 15) is 14.7 Å². The van der Waals surface area contributed by atoms with E-state index in [4.69, 9.17) is 5.11 Å². The van der Waals surface area contributed by atoms with Crippen LogP contribution in [0.2, 0.25) is 0 Å². The predicted octanol–water partition coefficient (Wildman–Crippen LogP) is 4.45. The van der Waals surface area contributed by atoms with Crippen molar-refractivity contribution < 1.29 is 36.9 Å². The SMILES string of the molecule is CC(C)c1c(C(=O)O)c(C(=O)O)c[c-]1C(C)C.[Fe].[cH-]1[cH-][cH-][cH-][cH-]1. The van der Waals surface area contributed by atoms with Gasteiger partial charge in [0, 0.05) is 17.1 Å². The molecule has 0 radical (unpaired) electrons. The van der Waals surface area contributed by atoms with Crippen LogP contribution in [0, 0.1) is 0 Å². The third-order valence-corrected chi connectivity index (χ3v) is 3.35. The molecule has 0 atom stereocenters. The van der Waals surface area contributed by atoms with Crippen molar-refractivity contribution in [3.63, 3.8) is 0 Å². The molecule has 23 heavy (non-hydrogen) atoms. The van der Waals surface area contributed by atoms with Crippen LogP contribution in [0.1, 0.15) is 71.4 Å². The standard InChI is InChI=1S/C13H17O4.C5H5.Fe/c1-6(2)8-5-9(12(14)15)11(13(16)17)10(8)7(3)4;1-2-4-5-3-1;/h5-7H,1-4H3,(H,14,15)(H,16,17);1-5H;/q-1;-5;. The van der Waals surface area contributed by atoms with Gasteiger partial charge in [-0.2, -0.15) is 6.07 Å². The summed E-state index contributed by atoms with van der Waals surface area (Å²) in [5.74, 6) is -2.25. The number of carbonyl (C=O) groups is 2. The molecule has 0 unspecified atom stereocenters. The van der Waals surface area contributed by atoms with Crippen molar-refractivity contribution >= 4 is 11.9 Å². The second kappa shape index (κ2) is 9.33. The Labute approximate surface area is 147 Å². The Balaban J connectivity index is 0.000000684. The molecule has 2 aromatic rings. The molecule has 4 nitrogen and oxygen atoms in total. The number of hydrogen-bond donors (Lipinski definition) is 2. The second-order valence-corrected chi connectivity index (χ2v) is 5.68. The van der Waals surface area contributed by atoms with Gasteiger partial charge in [0.15, 0.2) is 0 Å². The Kier molecular flexibility index (Phi) is 8.59. The molecule has 0 saturated carbocycles. The van der Waals surface area contributed by atoms with Gasteiger partial charge in [0.2, 0.25) is 0 Å². The van der Waals surface area contributed by atoms with Crippen LogP contribution in [0.4, 0.5) is 0 Å². The van der Waals surface area contributed by atoms with Gasteiger partial charge in [-0.3, -0.25) is 9.59 Å². The first-order chi connectivity index (χ1) is 10.3. The smallest absolute Gasteiger partial charge is 0.268 e. The first-order valence-corrected chi connectivity index (χ1v) is 7.24. The van der Waals surface area contributed by atoms with Crippen molar-refractivity contribution in [1.82, 2.24) is 0 Å². The number of aromatic carboxylic acids is 2. The maximum atomic E-state index is 11.2. The Hall–Kier alpha value is -1.84. The first-order valence-electron chi connectivity index (χ1n) is 7.24. The van der Waals surface area contributed by atoms with E-state index in [0.717, 1.165) is 5.56 Å². The van der Waals surface area contributed by atoms with E-state index in [1.807, 2.05) is 58.0 Å². The average molecular weight is 358 g/mol. The molecule has 0 saturated heterocycles. The van der Waals surface area contributed by atoms with Crippen LogP contribution in [0.25, 0.3) is 0 Å². The molecule has 0 heterocycles. The molecule has 5 heteroatoms. The third-order valence-electron chi connectivity index (χ3n) is 3.35. The summed E-state index contributed by atoms with van der Waals surface area (Å²) < 4.78 is 0. The normalized spacial score (nSPS) is 10.0. The quantitative estimate of drug-likeness (QED) is 0.625. The zero-order valence-electron chi connectivity index (χ0n) is 13.7. The van der Waals surface area contributed by atoms with Gasteiger partial charge in [0.1, 0.15) is 0 Å². The topological polar surface area (TPSA) is 74.6 Å². The molecule has 0 aliphatic carbocycles. The summed E-state index contributed by atoms with van der Waals surface area (Å²) in [4.78, 5) is 22.3. The van der Waals surface area contributed by atoms with Crippen molar-refractivity contribution in [1.29, 1.82) is 0 Å². The Morgan fingerprint density at radius 2 is 1.39 bits per heavy atom. The van der Waals surface area contributed by atoms with Crippen LogP contribution in [0.15, 0.2) is 36.4 Å². The van der Waals surface area contributed by atoms with Crippen molar-refractivity contribution in [3.8, 4) is 0 Å². The van der Waals surface area contributed by atoms with Gasteiger partial charge >= 0.3 is 0 Å². The fourth-order valence-electron chi connectivity index (χ4n) is 2.41. The van der Waals surface area contributed by atoms with Crippen LogP contribution in [0.5, 0.6) is 0 Å². The summed E-state index contributed by atoms with van der Waals surface area (Å²) in [6.07, 6.45) is 0. The van der Waals surface area contributed by atoms with E-state index in [-0.39, 0.29) is 40.0 Å². The van der Waals surface area contributed by atoms with Gasteiger partial charge in [0.05, 0.1) is 0 Å². The molecule has 0 aliphatic heterocycles. The molecule has 132 valence electrons. The van der Waals surface area contributed by atoms with E-state index in [2.05, 4.69) is 0 Å². The molecule has 0 fully saturated rings. The van der Waals surface area contributed by atoms with E-state index < -0.39 is 11.9 Å². The summed E-state index contributed by atoms with van der Waals surface area (Å²) in [5.41, 5.74) is 1.29. The maximum absolute atomic E-state index is 11.2. The largest absolute Gasteiger partial charge is 0.748 e. The fourth-order valence-corrected chi connectivity index (χ4v) is 2.41. The minimum atomic E-state index is -1.18. The summed E-state index contributed by atoms with van der Waals surface area (Å²) in [5, 5.41) is 18.2. The Bertz CT molecular complexity index is 605. The number of carboxylic acid groups (broad SMARTS) is 2. The number of carboxylic acids is 2. The van der Waals surface area contributed by atoms with Crippen LogP contribution in [0.3, 0.4) is 0 Å². The van der Waals surface area contributed by atoms with Gasteiger partial charge in [0.25, 0.3) is 11.9 Å². The van der Waals surface area contributed by atoms with Crippen molar-refractivity contribution in [2.75, 3.05) is 0 Å². The summed E-state index contributed by atoms with van der Waals surface area (Å²) in [6, 6.07) is 11.5. The fraction of sp³-hybridized carbons (Fsp3) is 0.333. The minimum absolute atomic E-state index is 0. The molecule has 0 spiro atoms. The monoisotopic (exact) mass is 358 g/mol. The van der Waals surface area contributed by atoms with Gasteiger partial charge in [-0.25, -0.2) is 0 Å². The van der Waals surface area contributed by atoms with Gasteiger partial charge in [-0.1, -0.05) is 44.7 Å². The van der Waals surface area contributed by atoms with Gasteiger partial charge in [-0.05, 0) is 5.92 Å². The van der Waals surface area contributed by atoms with Gasteiger partial charge < -0.3 is 40.5 Å².